The van der Waals surface area contributed by atoms with Crippen molar-refractivity contribution in [3.63, 3.8) is 0 Å². The predicted octanol–water partition coefficient (Wildman–Crippen LogP) is 0.650. The van der Waals surface area contributed by atoms with Crippen LogP contribution in [0, 0.1) is 0 Å². The molecule has 0 saturated carbocycles. The van der Waals surface area contributed by atoms with Gasteiger partial charge >= 0.3 is 12.1 Å². The fraction of sp³-hybridized carbons (Fsp3) is 0.333. The minimum Gasteiger partial charge on any atom is -0.453 e. The number of rotatable bonds is 4. The first kappa shape index (κ1) is 13.4. The number of pyridine rings is 1. The Balaban J connectivity index is 2.57. The van der Waals surface area contributed by atoms with Crippen molar-refractivity contribution in [2.45, 2.75) is 19.3 Å². The third kappa shape index (κ3) is 4.37. The number of aromatic nitrogens is 1. The zero-order valence-corrected chi connectivity index (χ0v) is 8.62. The lowest BCUT2D eigenvalue weighted by atomic mass is 10.2. The average Bonchev–Trinajstić information content (AvgIpc) is 2.25. The molecule has 1 rings (SSSR count). The minimum absolute atomic E-state index is 0.218. The Morgan fingerprint density at radius 2 is 2.24 bits per heavy atom. The van der Waals surface area contributed by atoms with Crippen LogP contribution < -0.4 is 11.3 Å². The van der Waals surface area contributed by atoms with Crippen molar-refractivity contribution < 1.29 is 22.7 Å². The van der Waals surface area contributed by atoms with E-state index in [9.17, 15) is 18.0 Å². The van der Waals surface area contributed by atoms with E-state index in [4.69, 9.17) is 5.84 Å². The van der Waals surface area contributed by atoms with Crippen molar-refractivity contribution in [3.05, 3.63) is 29.6 Å². The number of alkyl halides is 3. The molecule has 5 nitrogen and oxygen atoms in total. The maximum absolute atomic E-state index is 11.8. The Hall–Kier alpha value is -1.67. The number of nitrogens with one attached hydrogen (secondary N) is 1. The van der Waals surface area contributed by atoms with E-state index in [0.717, 1.165) is 5.56 Å². The average molecular weight is 249 g/mol. The number of hydrazine groups is 1. The first-order valence-corrected chi connectivity index (χ1v) is 4.54. The molecular formula is C9H10F3N3O2. The number of esters is 1. The molecule has 0 amide bonds. The highest BCUT2D eigenvalue weighted by molar-refractivity contribution is 5.75. The second kappa shape index (κ2) is 5.60. The van der Waals surface area contributed by atoms with E-state index in [1.807, 2.05) is 0 Å². The van der Waals surface area contributed by atoms with Gasteiger partial charge in [0.05, 0.1) is 5.69 Å². The molecule has 1 aromatic heterocycles. The summed E-state index contributed by atoms with van der Waals surface area (Å²) in [5, 5.41) is 0. The lowest BCUT2D eigenvalue weighted by Crippen LogP contribution is -2.25. The van der Waals surface area contributed by atoms with E-state index >= 15 is 0 Å². The van der Waals surface area contributed by atoms with Crippen LogP contribution in [0.15, 0.2) is 18.3 Å². The van der Waals surface area contributed by atoms with Crippen LogP contribution in [0.5, 0.6) is 0 Å². The smallest absolute Gasteiger partial charge is 0.453 e. The zero-order valence-electron chi connectivity index (χ0n) is 8.62. The fourth-order valence-corrected chi connectivity index (χ4v) is 1.06. The standard InChI is InChI=1S/C9H10F3N3O2/c10-9(11,12)8(16)17-5-7-3-6(4-15-13)1-2-14-7/h1-3,15H,4-5,13H2. The van der Waals surface area contributed by atoms with Crippen molar-refractivity contribution in [2.24, 2.45) is 5.84 Å². The number of nitrogens with two attached hydrogens (primary N) is 1. The van der Waals surface area contributed by atoms with Crippen molar-refractivity contribution in [1.29, 1.82) is 0 Å². The molecule has 1 aromatic rings. The monoisotopic (exact) mass is 249 g/mol. The molecule has 0 aliphatic heterocycles. The van der Waals surface area contributed by atoms with Gasteiger partial charge in [0.25, 0.3) is 0 Å². The summed E-state index contributed by atoms with van der Waals surface area (Å²) in [5.41, 5.74) is 3.33. The highest BCUT2D eigenvalue weighted by Gasteiger charge is 2.40. The van der Waals surface area contributed by atoms with E-state index in [2.05, 4.69) is 15.1 Å². The first-order chi connectivity index (χ1) is 7.93. The zero-order chi connectivity index (χ0) is 12.9. The van der Waals surface area contributed by atoms with E-state index in [1.54, 1.807) is 6.07 Å². The molecule has 0 bridgehead atoms. The van der Waals surface area contributed by atoms with Crippen LogP contribution in [0.25, 0.3) is 0 Å². The molecule has 0 aliphatic carbocycles. The summed E-state index contributed by atoms with van der Waals surface area (Å²) in [6, 6.07) is 3.12. The number of halogens is 3. The van der Waals surface area contributed by atoms with Gasteiger partial charge in [-0.15, -0.1) is 0 Å². The summed E-state index contributed by atoms with van der Waals surface area (Å²) in [4.78, 5) is 14.2. The van der Waals surface area contributed by atoms with Gasteiger partial charge in [-0.2, -0.15) is 13.2 Å². The minimum atomic E-state index is -4.99. The first-order valence-electron chi connectivity index (χ1n) is 4.54. The molecule has 3 N–H and O–H groups in total. The Morgan fingerprint density at radius 3 is 2.82 bits per heavy atom. The van der Waals surface area contributed by atoms with Crippen LogP contribution in [0.4, 0.5) is 13.2 Å². The molecule has 94 valence electrons. The summed E-state index contributed by atoms with van der Waals surface area (Å²) in [7, 11) is 0. The Labute approximate surface area is 94.7 Å². The molecule has 0 spiro atoms. The largest absolute Gasteiger partial charge is 0.490 e. The molecule has 0 saturated heterocycles. The van der Waals surface area contributed by atoms with Crippen LogP contribution in [-0.4, -0.2) is 17.1 Å². The van der Waals surface area contributed by atoms with Crippen LogP contribution in [-0.2, 0) is 22.7 Å². The van der Waals surface area contributed by atoms with Gasteiger partial charge in [-0.3, -0.25) is 16.3 Å². The third-order valence-electron chi connectivity index (χ3n) is 1.77. The number of hydrogen-bond acceptors (Lipinski definition) is 5. The van der Waals surface area contributed by atoms with Gasteiger partial charge in [0.2, 0.25) is 0 Å². The lowest BCUT2D eigenvalue weighted by molar-refractivity contribution is -0.201. The molecule has 0 aliphatic rings. The molecule has 0 radical (unpaired) electrons. The van der Waals surface area contributed by atoms with Crippen LogP contribution in [0.3, 0.4) is 0 Å². The molecule has 0 unspecified atom stereocenters. The second-order valence-electron chi connectivity index (χ2n) is 3.11. The van der Waals surface area contributed by atoms with Gasteiger partial charge in [0.15, 0.2) is 0 Å². The Bertz CT molecular complexity index is 395. The van der Waals surface area contributed by atoms with Crippen LogP contribution in [0.2, 0.25) is 0 Å². The van der Waals surface area contributed by atoms with Gasteiger partial charge in [0.1, 0.15) is 6.61 Å². The van der Waals surface area contributed by atoms with Crippen molar-refractivity contribution in [2.75, 3.05) is 0 Å². The summed E-state index contributed by atoms with van der Waals surface area (Å²) < 4.78 is 39.5. The molecule has 1 heterocycles. The predicted molar refractivity (Wildman–Crippen MR) is 51.1 cm³/mol. The summed E-state index contributed by atoms with van der Waals surface area (Å²) in [5.74, 6) is 2.85. The van der Waals surface area contributed by atoms with Crippen molar-refractivity contribution in [1.82, 2.24) is 10.4 Å². The normalized spacial score (nSPS) is 11.3. The number of nitrogens with zero attached hydrogens (tertiary/aromatic N) is 1. The number of ether oxygens (including phenoxy) is 1. The fourth-order valence-electron chi connectivity index (χ4n) is 1.06. The molecular weight excluding hydrogens is 239 g/mol. The molecule has 17 heavy (non-hydrogen) atoms. The maximum atomic E-state index is 11.8. The van der Waals surface area contributed by atoms with E-state index < -0.39 is 18.8 Å². The van der Waals surface area contributed by atoms with E-state index in [0.29, 0.717) is 6.54 Å². The highest BCUT2D eigenvalue weighted by atomic mass is 19.4. The van der Waals surface area contributed by atoms with Crippen LogP contribution >= 0.6 is 0 Å². The molecule has 8 heteroatoms. The molecule has 0 atom stereocenters. The number of carbonyl (C=O) groups excluding carboxylic acids is 1. The summed E-state index contributed by atoms with van der Waals surface area (Å²) in [6.45, 7) is -0.195. The number of hydrogen-bond donors (Lipinski definition) is 2. The topological polar surface area (TPSA) is 77.2 Å². The Kier molecular flexibility index (Phi) is 4.41. The maximum Gasteiger partial charge on any atom is 0.490 e. The van der Waals surface area contributed by atoms with Gasteiger partial charge < -0.3 is 4.74 Å². The molecule has 0 fully saturated rings. The third-order valence-corrected chi connectivity index (χ3v) is 1.77. The summed E-state index contributed by atoms with van der Waals surface area (Å²) >= 11 is 0. The van der Waals surface area contributed by atoms with Crippen LogP contribution in [0.1, 0.15) is 11.3 Å². The van der Waals surface area contributed by atoms with Gasteiger partial charge in [-0.05, 0) is 17.7 Å². The van der Waals surface area contributed by atoms with Gasteiger partial charge in [0, 0.05) is 12.7 Å². The van der Waals surface area contributed by atoms with E-state index in [1.165, 1.54) is 12.3 Å². The van der Waals surface area contributed by atoms with Crippen molar-refractivity contribution in [3.8, 4) is 0 Å². The Morgan fingerprint density at radius 1 is 1.53 bits per heavy atom. The van der Waals surface area contributed by atoms with Gasteiger partial charge in [-0.1, -0.05) is 0 Å². The quantitative estimate of drug-likeness (QED) is 0.465. The van der Waals surface area contributed by atoms with Crippen molar-refractivity contribution >= 4 is 5.97 Å². The lowest BCUT2D eigenvalue weighted by Gasteiger charge is -2.07. The molecule has 0 aromatic carbocycles. The number of carbonyl (C=O) groups is 1. The van der Waals surface area contributed by atoms with Gasteiger partial charge in [-0.25, -0.2) is 4.79 Å². The SMILES string of the molecule is NNCc1ccnc(COC(=O)C(F)(F)F)c1. The van der Waals surface area contributed by atoms with E-state index in [-0.39, 0.29) is 5.69 Å². The second-order valence-corrected chi connectivity index (χ2v) is 3.11. The highest BCUT2D eigenvalue weighted by Crippen LogP contribution is 2.17. The summed E-state index contributed by atoms with van der Waals surface area (Å²) in [6.07, 6.45) is -3.60.